The van der Waals surface area contributed by atoms with Crippen molar-refractivity contribution in [3.63, 3.8) is 0 Å². The Labute approximate surface area is 161 Å². The Hall–Kier alpha value is -2.18. The highest BCUT2D eigenvalue weighted by Gasteiger charge is 2.28. The number of anilines is 1. The Morgan fingerprint density at radius 1 is 1.19 bits per heavy atom. The molecule has 0 spiro atoms. The van der Waals surface area contributed by atoms with Gasteiger partial charge in [0.2, 0.25) is 5.91 Å². The number of rotatable bonds is 4. The van der Waals surface area contributed by atoms with E-state index in [-0.39, 0.29) is 22.5 Å². The van der Waals surface area contributed by atoms with E-state index < -0.39 is 11.5 Å². The summed E-state index contributed by atoms with van der Waals surface area (Å²) in [4.78, 5) is 18.4. The van der Waals surface area contributed by atoms with Gasteiger partial charge in [-0.25, -0.2) is 0 Å². The van der Waals surface area contributed by atoms with E-state index in [4.69, 9.17) is 28.9 Å². The molecule has 1 aliphatic rings. The number of fused-ring (bicyclic) bond motifs is 1. The largest absolute Gasteiger partial charge is 0.503 e. The molecule has 26 heavy (non-hydrogen) atoms. The average Bonchev–Trinajstić information content (AvgIpc) is 2.65. The van der Waals surface area contributed by atoms with E-state index >= 15 is 0 Å². The van der Waals surface area contributed by atoms with Crippen LogP contribution in [0.15, 0.2) is 18.3 Å². The molecule has 8 heteroatoms. The third kappa shape index (κ3) is 3.66. The van der Waals surface area contributed by atoms with Gasteiger partial charge >= 0.3 is 0 Å². The van der Waals surface area contributed by atoms with Crippen molar-refractivity contribution in [3.05, 3.63) is 45.2 Å². The Balaban J connectivity index is 1.63. The van der Waals surface area contributed by atoms with Gasteiger partial charge in [-0.05, 0) is 42.5 Å². The number of hydrogen-bond acceptors (Lipinski definition) is 5. The van der Waals surface area contributed by atoms with Gasteiger partial charge in [0, 0.05) is 25.2 Å². The molecule has 0 atom stereocenters. The third-order valence-electron chi connectivity index (χ3n) is 4.54. The summed E-state index contributed by atoms with van der Waals surface area (Å²) in [6.07, 6.45) is 3.84. The molecule has 6 nitrogen and oxygen atoms in total. The minimum atomic E-state index is -0.445. The van der Waals surface area contributed by atoms with Crippen LogP contribution in [0.4, 0.5) is 5.69 Å². The standard InChI is InChI=1S/C18H19Cl2N3O3/c19-15-12-6-7-23(9-13(12)16(20)18(26)17(15)25)14(24)3-1-2-11-5-4-10(21)8-22-11/h4-5,8,25-26H,1-3,6-7,9,21H2. The van der Waals surface area contributed by atoms with Crippen LogP contribution < -0.4 is 5.73 Å². The fourth-order valence-electron chi connectivity index (χ4n) is 3.08. The van der Waals surface area contributed by atoms with Crippen LogP contribution in [0.5, 0.6) is 11.5 Å². The number of nitrogens with two attached hydrogens (primary N) is 1. The van der Waals surface area contributed by atoms with E-state index in [0.717, 1.165) is 5.69 Å². The van der Waals surface area contributed by atoms with Crippen molar-refractivity contribution in [2.24, 2.45) is 0 Å². The quantitative estimate of drug-likeness (QED) is 0.689. The number of nitrogen functional groups attached to an aromatic ring is 1. The summed E-state index contributed by atoms with van der Waals surface area (Å²) >= 11 is 12.2. The first kappa shape index (κ1) is 18.6. The summed E-state index contributed by atoms with van der Waals surface area (Å²) in [6, 6.07) is 3.65. The number of hydrogen-bond donors (Lipinski definition) is 3. The van der Waals surface area contributed by atoms with Crippen molar-refractivity contribution >= 4 is 34.8 Å². The molecular weight excluding hydrogens is 377 g/mol. The molecular formula is C18H19Cl2N3O3. The van der Waals surface area contributed by atoms with Gasteiger partial charge in [-0.3, -0.25) is 9.78 Å². The molecule has 0 radical (unpaired) electrons. The zero-order chi connectivity index (χ0) is 18.8. The number of phenolic OH excluding ortho intramolecular Hbond substituents is 2. The number of pyridine rings is 1. The Kier molecular flexibility index (Phi) is 5.44. The van der Waals surface area contributed by atoms with Crippen LogP contribution in [0.3, 0.4) is 0 Å². The molecule has 0 unspecified atom stereocenters. The number of carbonyl (C=O) groups is 1. The van der Waals surface area contributed by atoms with Crippen molar-refractivity contribution < 1.29 is 15.0 Å². The fourth-order valence-corrected chi connectivity index (χ4v) is 3.64. The van der Waals surface area contributed by atoms with Crippen LogP contribution in [0.1, 0.15) is 29.7 Å². The van der Waals surface area contributed by atoms with Crippen LogP contribution in [0.2, 0.25) is 10.0 Å². The molecule has 0 saturated heterocycles. The SMILES string of the molecule is Nc1ccc(CCCC(=O)N2CCc3c(Cl)c(O)c(O)c(Cl)c3C2)nc1. The molecule has 0 saturated carbocycles. The number of carbonyl (C=O) groups excluding carboxylic acids is 1. The summed E-state index contributed by atoms with van der Waals surface area (Å²) < 4.78 is 0. The van der Waals surface area contributed by atoms with Gasteiger partial charge in [-0.2, -0.15) is 0 Å². The number of halogens is 2. The molecule has 3 rings (SSSR count). The second-order valence-electron chi connectivity index (χ2n) is 6.28. The summed E-state index contributed by atoms with van der Waals surface area (Å²) in [6.45, 7) is 0.757. The molecule has 138 valence electrons. The number of aryl methyl sites for hydroxylation is 1. The third-order valence-corrected chi connectivity index (χ3v) is 5.35. The smallest absolute Gasteiger partial charge is 0.222 e. The van der Waals surface area contributed by atoms with Crippen molar-refractivity contribution in [1.29, 1.82) is 0 Å². The first-order chi connectivity index (χ1) is 12.4. The number of phenols is 2. The summed E-state index contributed by atoms with van der Waals surface area (Å²) in [5.41, 5.74) is 8.39. The Morgan fingerprint density at radius 2 is 1.88 bits per heavy atom. The molecule has 4 N–H and O–H groups in total. The van der Waals surface area contributed by atoms with Crippen molar-refractivity contribution in [2.75, 3.05) is 12.3 Å². The maximum atomic E-state index is 12.5. The second kappa shape index (κ2) is 7.60. The van der Waals surface area contributed by atoms with Crippen LogP contribution in [-0.2, 0) is 24.2 Å². The second-order valence-corrected chi connectivity index (χ2v) is 7.04. The Morgan fingerprint density at radius 3 is 2.54 bits per heavy atom. The van der Waals surface area contributed by atoms with Gasteiger partial charge < -0.3 is 20.8 Å². The lowest BCUT2D eigenvalue weighted by atomic mass is 9.98. The molecule has 2 heterocycles. The van der Waals surface area contributed by atoms with Crippen LogP contribution >= 0.6 is 23.2 Å². The van der Waals surface area contributed by atoms with Gasteiger partial charge in [-0.1, -0.05) is 23.2 Å². The highest BCUT2D eigenvalue weighted by molar-refractivity contribution is 6.36. The number of aromatic hydroxyl groups is 2. The lowest BCUT2D eigenvalue weighted by Crippen LogP contribution is -2.36. The van der Waals surface area contributed by atoms with E-state index in [9.17, 15) is 15.0 Å². The number of benzene rings is 1. The zero-order valence-corrected chi connectivity index (χ0v) is 15.5. The van der Waals surface area contributed by atoms with Gasteiger partial charge in [0.1, 0.15) is 0 Å². The van der Waals surface area contributed by atoms with Crippen LogP contribution in [0, 0.1) is 0 Å². The van der Waals surface area contributed by atoms with E-state index in [0.29, 0.717) is 49.0 Å². The average molecular weight is 396 g/mol. The first-order valence-corrected chi connectivity index (χ1v) is 9.03. The van der Waals surface area contributed by atoms with Gasteiger partial charge in [0.15, 0.2) is 11.5 Å². The molecule has 1 aromatic carbocycles. The lowest BCUT2D eigenvalue weighted by molar-refractivity contribution is -0.132. The highest BCUT2D eigenvalue weighted by Crippen LogP contribution is 2.46. The van der Waals surface area contributed by atoms with E-state index in [1.165, 1.54) is 0 Å². The maximum Gasteiger partial charge on any atom is 0.222 e. The molecule has 0 bridgehead atoms. The van der Waals surface area contributed by atoms with E-state index in [1.54, 1.807) is 17.2 Å². The molecule has 0 fully saturated rings. The number of amides is 1. The summed E-state index contributed by atoms with van der Waals surface area (Å²) in [5.74, 6) is -0.851. The highest BCUT2D eigenvalue weighted by atomic mass is 35.5. The van der Waals surface area contributed by atoms with Crippen molar-refractivity contribution in [3.8, 4) is 11.5 Å². The lowest BCUT2D eigenvalue weighted by Gasteiger charge is -2.30. The maximum absolute atomic E-state index is 12.5. The normalized spacial score (nSPS) is 13.5. The Bertz CT molecular complexity index is 841. The van der Waals surface area contributed by atoms with Gasteiger partial charge in [-0.15, -0.1) is 0 Å². The predicted octanol–water partition coefficient (Wildman–Crippen LogP) is 3.29. The number of aromatic nitrogens is 1. The monoisotopic (exact) mass is 395 g/mol. The summed E-state index contributed by atoms with van der Waals surface area (Å²) in [7, 11) is 0. The molecule has 1 aromatic heterocycles. The zero-order valence-electron chi connectivity index (χ0n) is 14.0. The molecule has 0 aliphatic carbocycles. The van der Waals surface area contributed by atoms with E-state index in [1.807, 2.05) is 6.07 Å². The predicted molar refractivity (Wildman–Crippen MR) is 101 cm³/mol. The van der Waals surface area contributed by atoms with Crippen molar-refractivity contribution in [2.45, 2.75) is 32.2 Å². The minimum absolute atomic E-state index is 0.00542. The van der Waals surface area contributed by atoms with Crippen LogP contribution in [-0.4, -0.2) is 32.5 Å². The molecule has 1 amide bonds. The van der Waals surface area contributed by atoms with Gasteiger partial charge in [0.05, 0.1) is 21.9 Å². The minimum Gasteiger partial charge on any atom is -0.503 e. The summed E-state index contributed by atoms with van der Waals surface area (Å²) in [5, 5.41) is 19.8. The van der Waals surface area contributed by atoms with Crippen molar-refractivity contribution in [1.82, 2.24) is 9.88 Å². The molecule has 2 aromatic rings. The molecule has 1 aliphatic heterocycles. The number of nitrogens with zero attached hydrogens (tertiary/aromatic N) is 2. The first-order valence-electron chi connectivity index (χ1n) is 8.27. The topological polar surface area (TPSA) is 99.7 Å². The fraction of sp³-hybridized carbons (Fsp3) is 0.333. The van der Waals surface area contributed by atoms with E-state index in [2.05, 4.69) is 4.98 Å². The van der Waals surface area contributed by atoms with Crippen LogP contribution in [0.25, 0.3) is 0 Å². The van der Waals surface area contributed by atoms with Gasteiger partial charge in [0.25, 0.3) is 0 Å².